The van der Waals surface area contributed by atoms with E-state index in [2.05, 4.69) is 20.5 Å². The molecule has 5 heteroatoms. The number of rotatable bonds is 7. The summed E-state index contributed by atoms with van der Waals surface area (Å²) in [6.07, 6.45) is 8.02. The zero-order valence-electron chi connectivity index (χ0n) is 13.3. The van der Waals surface area contributed by atoms with Crippen LogP contribution < -0.4 is 10.6 Å². The van der Waals surface area contributed by atoms with Crippen molar-refractivity contribution in [1.29, 1.82) is 0 Å². The second-order valence-electron chi connectivity index (χ2n) is 6.70. The maximum absolute atomic E-state index is 5.64. The molecule has 0 aromatic heterocycles. The van der Waals surface area contributed by atoms with Crippen molar-refractivity contribution in [2.24, 2.45) is 10.9 Å². The lowest BCUT2D eigenvalue weighted by Gasteiger charge is -2.33. The Morgan fingerprint density at radius 3 is 2.52 bits per heavy atom. The molecule has 1 aliphatic heterocycles. The lowest BCUT2D eigenvalue weighted by molar-refractivity contribution is 0.128. The molecule has 0 aromatic rings. The summed E-state index contributed by atoms with van der Waals surface area (Å²) in [6.45, 7) is 5.03. The molecular weight excluding hydrogens is 264 g/mol. The number of aliphatic imine (C=N–C) groups is 1. The summed E-state index contributed by atoms with van der Waals surface area (Å²) >= 11 is 0. The Balaban J connectivity index is 1.27. The van der Waals surface area contributed by atoms with Crippen LogP contribution in [0.2, 0.25) is 0 Å². The minimum absolute atomic E-state index is 0.568. The molecule has 3 rings (SSSR count). The standard InChI is InChI=1S/C16H30N4O/c1-17-16(18-8-11-21-12-13-2-3-13)19-14-6-9-20(10-7-14)15-4-5-15/h13-15H,2-12H2,1H3,(H2,17,18,19). The van der Waals surface area contributed by atoms with Crippen LogP contribution in [0.1, 0.15) is 38.5 Å². The van der Waals surface area contributed by atoms with Crippen molar-refractivity contribution >= 4 is 5.96 Å². The normalized spacial score (nSPS) is 25.1. The number of piperidine rings is 1. The van der Waals surface area contributed by atoms with Crippen LogP contribution in [-0.4, -0.2) is 62.8 Å². The third-order valence-corrected chi connectivity index (χ3v) is 4.75. The van der Waals surface area contributed by atoms with Crippen molar-refractivity contribution in [2.75, 3.05) is 39.9 Å². The summed E-state index contributed by atoms with van der Waals surface area (Å²) in [6, 6.07) is 1.48. The molecule has 0 bridgehead atoms. The third-order valence-electron chi connectivity index (χ3n) is 4.75. The van der Waals surface area contributed by atoms with Crippen LogP contribution in [0.25, 0.3) is 0 Å². The van der Waals surface area contributed by atoms with E-state index in [0.29, 0.717) is 6.04 Å². The van der Waals surface area contributed by atoms with Gasteiger partial charge in [0.1, 0.15) is 0 Å². The van der Waals surface area contributed by atoms with Crippen molar-refractivity contribution in [3.63, 3.8) is 0 Å². The molecule has 0 spiro atoms. The highest BCUT2D eigenvalue weighted by Gasteiger charge is 2.31. The molecule has 3 fully saturated rings. The van der Waals surface area contributed by atoms with Gasteiger partial charge in [0.25, 0.3) is 0 Å². The van der Waals surface area contributed by atoms with Crippen LogP contribution in [0.15, 0.2) is 4.99 Å². The summed E-state index contributed by atoms with van der Waals surface area (Å²) in [4.78, 5) is 6.97. The Hall–Kier alpha value is -0.810. The Morgan fingerprint density at radius 2 is 1.90 bits per heavy atom. The second-order valence-corrected chi connectivity index (χ2v) is 6.70. The molecule has 2 N–H and O–H groups in total. The first kappa shape index (κ1) is 15.1. The average molecular weight is 294 g/mol. The lowest BCUT2D eigenvalue weighted by Crippen LogP contribution is -2.49. The Labute approximate surface area is 128 Å². The molecule has 1 saturated heterocycles. The molecule has 2 aliphatic carbocycles. The first-order chi connectivity index (χ1) is 10.3. The largest absolute Gasteiger partial charge is 0.379 e. The average Bonchev–Trinajstić information content (AvgIpc) is 3.39. The number of hydrogen-bond acceptors (Lipinski definition) is 3. The maximum atomic E-state index is 5.64. The van der Waals surface area contributed by atoms with E-state index >= 15 is 0 Å². The topological polar surface area (TPSA) is 48.9 Å². The molecule has 5 nitrogen and oxygen atoms in total. The van der Waals surface area contributed by atoms with Gasteiger partial charge in [-0.25, -0.2) is 0 Å². The number of nitrogens with one attached hydrogen (secondary N) is 2. The van der Waals surface area contributed by atoms with Gasteiger partial charge in [-0.15, -0.1) is 0 Å². The van der Waals surface area contributed by atoms with Crippen LogP contribution >= 0.6 is 0 Å². The first-order valence-electron chi connectivity index (χ1n) is 8.64. The lowest BCUT2D eigenvalue weighted by atomic mass is 10.1. The minimum Gasteiger partial charge on any atom is -0.379 e. The zero-order valence-corrected chi connectivity index (χ0v) is 13.3. The van der Waals surface area contributed by atoms with Gasteiger partial charge in [-0.1, -0.05) is 0 Å². The van der Waals surface area contributed by atoms with Gasteiger partial charge < -0.3 is 20.3 Å². The smallest absolute Gasteiger partial charge is 0.191 e. The van der Waals surface area contributed by atoms with Gasteiger partial charge in [0.2, 0.25) is 0 Å². The van der Waals surface area contributed by atoms with E-state index in [0.717, 1.165) is 37.7 Å². The zero-order chi connectivity index (χ0) is 14.5. The van der Waals surface area contributed by atoms with Gasteiger partial charge in [-0.3, -0.25) is 4.99 Å². The first-order valence-corrected chi connectivity index (χ1v) is 8.64. The molecule has 2 saturated carbocycles. The van der Waals surface area contributed by atoms with Gasteiger partial charge in [0.05, 0.1) is 6.61 Å². The third kappa shape index (κ3) is 5.15. The van der Waals surface area contributed by atoms with E-state index in [-0.39, 0.29) is 0 Å². The van der Waals surface area contributed by atoms with Crippen molar-refractivity contribution in [2.45, 2.75) is 50.6 Å². The van der Waals surface area contributed by atoms with Crippen molar-refractivity contribution < 1.29 is 4.74 Å². The molecule has 0 atom stereocenters. The summed E-state index contributed by atoms with van der Waals surface area (Å²) in [7, 11) is 1.85. The fraction of sp³-hybridized carbons (Fsp3) is 0.938. The second kappa shape index (κ2) is 7.45. The highest BCUT2D eigenvalue weighted by Crippen LogP contribution is 2.29. The molecule has 0 aromatic carbocycles. The van der Waals surface area contributed by atoms with Crippen LogP contribution in [0.5, 0.6) is 0 Å². The van der Waals surface area contributed by atoms with Crippen LogP contribution in [-0.2, 0) is 4.74 Å². The molecule has 0 unspecified atom stereocenters. The predicted octanol–water partition coefficient (Wildman–Crippen LogP) is 1.20. The monoisotopic (exact) mass is 294 g/mol. The van der Waals surface area contributed by atoms with Gasteiger partial charge in [-0.05, 0) is 44.4 Å². The summed E-state index contributed by atoms with van der Waals surface area (Å²) in [5.41, 5.74) is 0. The quantitative estimate of drug-likeness (QED) is 0.421. The van der Waals surface area contributed by atoms with Gasteiger partial charge in [-0.2, -0.15) is 0 Å². The Morgan fingerprint density at radius 1 is 1.14 bits per heavy atom. The van der Waals surface area contributed by atoms with Gasteiger partial charge in [0.15, 0.2) is 5.96 Å². The summed E-state index contributed by atoms with van der Waals surface area (Å²) in [5.74, 6) is 1.77. The van der Waals surface area contributed by atoms with E-state index in [1.165, 1.54) is 51.6 Å². The van der Waals surface area contributed by atoms with Gasteiger partial charge >= 0.3 is 0 Å². The van der Waals surface area contributed by atoms with E-state index < -0.39 is 0 Å². The highest BCUT2D eigenvalue weighted by atomic mass is 16.5. The fourth-order valence-corrected chi connectivity index (χ4v) is 3.01. The van der Waals surface area contributed by atoms with Gasteiger partial charge in [0, 0.05) is 45.4 Å². The number of nitrogens with zero attached hydrogens (tertiary/aromatic N) is 2. The van der Waals surface area contributed by atoms with Crippen LogP contribution in [0.3, 0.4) is 0 Å². The Kier molecular flexibility index (Phi) is 5.36. The highest BCUT2D eigenvalue weighted by molar-refractivity contribution is 5.79. The van der Waals surface area contributed by atoms with E-state index in [4.69, 9.17) is 4.74 Å². The predicted molar refractivity (Wildman–Crippen MR) is 85.7 cm³/mol. The maximum Gasteiger partial charge on any atom is 0.191 e. The number of likely N-dealkylation sites (tertiary alicyclic amines) is 1. The molecule has 120 valence electrons. The minimum atomic E-state index is 0.568. The SMILES string of the molecule is CN=C(NCCOCC1CC1)NC1CCN(C2CC2)CC1. The van der Waals surface area contributed by atoms with E-state index in [9.17, 15) is 0 Å². The number of guanidine groups is 1. The van der Waals surface area contributed by atoms with Crippen molar-refractivity contribution in [1.82, 2.24) is 15.5 Å². The number of hydrogen-bond donors (Lipinski definition) is 2. The van der Waals surface area contributed by atoms with Crippen LogP contribution in [0, 0.1) is 5.92 Å². The fourth-order valence-electron chi connectivity index (χ4n) is 3.01. The molecule has 0 radical (unpaired) electrons. The summed E-state index contributed by atoms with van der Waals surface area (Å²) in [5, 5.41) is 6.91. The molecule has 1 heterocycles. The van der Waals surface area contributed by atoms with Crippen molar-refractivity contribution in [3.05, 3.63) is 0 Å². The van der Waals surface area contributed by atoms with E-state index in [1.807, 2.05) is 7.05 Å². The molecule has 0 amide bonds. The molecular formula is C16H30N4O. The van der Waals surface area contributed by atoms with Crippen LogP contribution in [0.4, 0.5) is 0 Å². The van der Waals surface area contributed by atoms with Crippen molar-refractivity contribution in [3.8, 4) is 0 Å². The summed E-state index contributed by atoms with van der Waals surface area (Å²) < 4.78 is 5.64. The van der Waals surface area contributed by atoms with E-state index in [1.54, 1.807) is 0 Å². The number of ether oxygens (including phenoxy) is 1. The Bertz CT molecular complexity index is 344. The molecule has 21 heavy (non-hydrogen) atoms. The molecule has 3 aliphatic rings.